The highest BCUT2D eigenvalue weighted by molar-refractivity contribution is 5.30. The Labute approximate surface area is 113 Å². The molecule has 0 bridgehead atoms. The summed E-state index contributed by atoms with van der Waals surface area (Å²) in [5.74, 6) is 0.624. The SMILES string of the molecule is CCOc1ccc(C(N)Cc2ccc(F)cc2)cc1. The zero-order chi connectivity index (χ0) is 13.7. The highest BCUT2D eigenvalue weighted by atomic mass is 19.1. The molecule has 2 N–H and O–H groups in total. The highest BCUT2D eigenvalue weighted by Crippen LogP contribution is 2.19. The first-order valence-electron chi connectivity index (χ1n) is 6.42. The Kier molecular flexibility index (Phi) is 4.53. The van der Waals surface area contributed by atoms with Gasteiger partial charge in [-0.15, -0.1) is 0 Å². The van der Waals surface area contributed by atoms with Crippen molar-refractivity contribution in [3.05, 3.63) is 65.5 Å². The monoisotopic (exact) mass is 259 g/mol. The summed E-state index contributed by atoms with van der Waals surface area (Å²) in [6.07, 6.45) is 0.689. The van der Waals surface area contributed by atoms with Crippen LogP contribution in [0.25, 0.3) is 0 Å². The van der Waals surface area contributed by atoms with Crippen molar-refractivity contribution in [3.63, 3.8) is 0 Å². The molecule has 2 nitrogen and oxygen atoms in total. The number of halogens is 1. The third kappa shape index (κ3) is 3.80. The topological polar surface area (TPSA) is 35.2 Å². The van der Waals surface area contributed by atoms with E-state index >= 15 is 0 Å². The predicted molar refractivity (Wildman–Crippen MR) is 74.6 cm³/mol. The molecule has 0 fully saturated rings. The average molecular weight is 259 g/mol. The fraction of sp³-hybridized carbons (Fsp3) is 0.250. The fourth-order valence-electron chi connectivity index (χ4n) is 1.97. The summed E-state index contributed by atoms with van der Waals surface area (Å²) < 4.78 is 18.2. The standard InChI is InChI=1S/C16H18FNO/c1-2-19-15-9-5-13(6-10-15)16(18)11-12-3-7-14(17)8-4-12/h3-10,16H,2,11,18H2,1H3. The molecule has 19 heavy (non-hydrogen) atoms. The van der Waals surface area contributed by atoms with Crippen LogP contribution < -0.4 is 10.5 Å². The van der Waals surface area contributed by atoms with E-state index in [1.807, 2.05) is 31.2 Å². The van der Waals surface area contributed by atoms with Crippen LogP contribution in [0, 0.1) is 5.82 Å². The van der Waals surface area contributed by atoms with Crippen LogP contribution in [-0.4, -0.2) is 6.61 Å². The summed E-state index contributed by atoms with van der Waals surface area (Å²) in [4.78, 5) is 0. The van der Waals surface area contributed by atoms with E-state index in [0.717, 1.165) is 16.9 Å². The minimum absolute atomic E-state index is 0.0962. The Morgan fingerprint density at radius 3 is 2.26 bits per heavy atom. The third-order valence-corrected chi connectivity index (χ3v) is 2.99. The normalized spacial score (nSPS) is 12.2. The molecule has 1 atom stereocenters. The molecule has 0 aliphatic rings. The molecular weight excluding hydrogens is 241 g/mol. The van der Waals surface area contributed by atoms with Gasteiger partial charge in [0.05, 0.1) is 6.61 Å². The second-order valence-corrected chi connectivity index (χ2v) is 4.44. The van der Waals surface area contributed by atoms with E-state index in [2.05, 4.69) is 0 Å². The van der Waals surface area contributed by atoms with Crippen LogP contribution in [0.1, 0.15) is 24.1 Å². The van der Waals surface area contributed by atoms with Crippen LogP contribution in [0.4, 0.5) is 4.39 Å². The van der Waals surface area contributed by atoms with Gasteiger partial charge in [0.2, 0.25) is 0 Å². The quantitative estimate of drug-likeness (QED) is 0.892. The summed E-state index contributed by atoms with van der Waals surface area (Å²) >= 11 is 0. The van der Waals surface area contributed by atoms with Crippen LogP contribution in [-0.2, 0) is 6.42 Å². The van der Waals surface area contributed by atoms with Crippen molar-refractivity contribution in [2.24, 2.45) is 5.73 Å². The molecule has 1 unspecified atom stereocenters. The Morgan fingerprint density at radius 2 is 1.68 bits per heavy atom. The summed E-state index contributed by atoms with van der Waals surface area (Å²) in [6, 6.07) is 14.1. The van der Waals surface area contributed by atoms with Gasteiger partial charge in [-0.25, -0.2) is 4.39 Å². The van der Waals surface area contributed by atoms with Gasteiger partial charge in [-0.3, -0.25) is 0 Å². The predicted octanol–water partition coefficient (Wildman–Crippen LogP) is 3.47. The van der Waals surface area contributed by atoms with Crippen molar-refractivity contribution in [1.29, 1.82) is 0 Å². The number of hydrogen-bond acceptors (Lipinski definition) is 2. The summed E-state index contributed by atoms with van der Waals surface area (Å²) in [7, 11) is 0. The van der Waals surface area contributed by atoms with E-state index in [1.54, 1.807) is 12.1 Å². The van der Waals surface area contributed by atoms with Gasteiger partial charge in [0.25, 0.3) is 0 Å². The lowest BCUT2D eigenvalue weighted by atomic mass is 10.00. The van der Waals surface area contributed by atoms with Crippen LogP contribution in [0.5, 0.6) is 5.75 Å². The van der Waals surface area contributed by atoms with E-state index in [4.69, 9.17) is 10.5 Å². The molecule has 0 aliphatic carbocycles. The Hall–Kier alpha value is -1.87. The molecule has 3 heteroatoms. The lowest BCUT2D eigenvalue weighted by Gasteiger charge is -2.13. The molecule has 0 aliphatic heterocycles. The molecule has 2 aromatic rings. The average Bonchev–Trinajstić information content (AvgIpc) is 2.42. The first kappa shape index (κ1) is 13.6. The van der Waals surface area contributed by atoms with Crippen LogP contribution in [0.15, 0.2) is 48.5 Å². The highest BCUT2D eigenvalue weighted by Gasteiger charge is 2.07. The van der Waals surface area contributed by atoms with E-state index in [1.165, 1.54) is 12.1 Å². The van der Waals surface area contributed by atoms with E-state index in [9.17, 15) is 4.39 Å². The number of ether oxygens (including phenoxy) is 1. The summed E-state index contributed by atoms with van der Waals surface area (Å²) in [5.41, 5.74) is 8.23. The Morgan fingerprint density at radius 1 is 1.05 bits per heavy atom. The maximum absolute atomic E-state index is 12.8. The van der Waals surface area contributed by atoms with Gasteiger partial charge in [-0.1, -0.05) is 24.3 Å². The molecule has 0 radical (unpaired) electrons. The Balaban J connectivity index is 2.02. The van der Waals surface area contributed by atoms with Crippen molar-refractivity contribution in [3.8, 4) is 5.75 Å². The second kappa shape index (κ2) is 6.34. The summed E-state index contributed by atoms with van der Waals surface area (Å²) in [6.45, 7) is 2.61. The van der Waals surface area contributed by atoms with E-state index in [0.29, 0.717) is 13.0 Å². The number of hydrogen-bond donors (Lipinski definition) is 1. The maximum atomic E-state index is 12.8. The smallest absolute Gasteiger partial charge is 0.123 e. The molecule has 0 spiro atoms. The molecule has 0 heterocycles. The number of nitrogens with two attached hydrogens (primary N) is 1. The molecule has 100 valence electrons. The van der Waals surface area contributed by atoms with Crippen LogP contribution in [0.3, 0.4) is 0 Å². The molecular formula is C16H18FNO. The first-order chi connectivity index (χ1) is 9.19. The van der Waals surface area contributed by atoms with Crippen molar-refractivity contribution < 1.29 is 9.13 Å². The molecule has 0 aromatic heterocycles. The van der Waals surface area contributed by atoms with Gasteiger partial charge < -0.3 is 10.5 Å². The maximum Gasteiger partial charge on any atom is 0.123 e. The molecule has 0 saturated carbocycles. The second-order valence-electron chi connectivity index (χ2n) is 4.44. The van der Waals surface area contributed by atoms with E-state index < -0.39 is 0 Å². The Bertz CT molecular complexity index is 507. The van der Waals surface area contributed by atoms with Crippen molar-refractivity contribution in [2.75, 3.05) is 6.61 Å². The zero-order valence-electron chi connectivity index (χ0n) is 11.0. The van der Waals surface area contributed by atoms with Gasteiger partial charge >= 0.3 is 0 Å². The summed E-state index contributed by atoms with van der Waals surface area (Å²) in [5, 5.41) is 0. The minimum Gasteiger partial charge on any atom is -0.494 e. The van der Waals surface area contributed by atoms with Crippen LogP contribution >= 0.6 is 0 Å². The largest absolute Gasteiger partial charge is 0.494 e. The first-order valence-corrected chi connectivity index (χ1v) is 6.42. The zero-order valence-corrected chi connectivity index (χ0v) is 11.0. The molecule has 2 aromatic carbocycles. The van der Waals surface area contributed by atoms with Gasteiger partial charge in [0.15, 0.2) is 0 Å². The van der Waals surface area contributed by atoms with Gasteiger partial charge in [-0.05, 0) is 48.7 Å². The van der Waals surface area contributed by atoms with Gasteiger partial charge in [-0.2, -0.15) is 0 Å². The van der Waals surface area contributed by atoms with Crippen molar-refractivity contribution >= 4 is 0 Å². The fourth-order valence-corrected chi connectivity index (χ4v) is 1.97. The molecule has 0 amide bonds. The molecule has 2 rings (SSSR count). The van der Waals surface area contributed by atoms with Crippen LogP contribution in [0.2, 0.25) is 0 Å². The van der Waals surface area contributed by atoms with E-state index in [-0.39, 0.29) is 11.9 Å². The van der Waals surface area contributed by atoms with Gasteiger partial charge in [0.1, 0.15) is 11.6 Å². The lowest BCUT2D eigenvalue weighted by molar-refractivity contribution is 0.340. The number of rotatable bonds is 5. The minimum atomic E-state index is -0.224. The lowest BCUT2D eigenvalue weighted by Crippen LogP contribution is -2.13. The van der Waals surface area contributed by atoms with Gasteiger partial charge in [0, 0.05) is 6.04 Å². The van der Waals surface area contributed by atoms with Crippen molar-refractivity contribution in [1.82, 2.24) is 0 Å². The molecule has 0 saturated heterocycles. The van der Waals surface area contributed by atoms with Crippen molar-refractivity contribution in [2.45, 2.75) is 19.4 Å². The third-order valence-electron chi connectivity index (χ3n) is 2.99. The number of benzene rings is 2.